The lowest BCUT2D eigenvalue weighted by molar-refractivity contribution is -0.152. The normalized spacial score (nSPS) is 22.8. The van der Waals surface area contributed by atoms with E-state index in [2.05, 4.69) is 11.5 Å². The lowest BCUT2D eigenvalue weighted by Gasteiger charge is -2.39. The zero-order chi connectivity index (χ0) is 16.0. The number of rotatable bonds is 6. The molecule has 0 saturated carbocycles. The monoisotopic (exact) mass is 303 g/mol. The van der Waals surface area contributed by atoms with Crippen LogP contribution < -0.4 is 0 Å². The fraction of sp³-hybridized carbons (Fsp3) is 0.389. The Morgan fingerprint density at radius 3 is 2.77 bits per heavy atom. The molecule has 4 heteroatoms. The molecule has 0 amide bonds. The van der Waals surface area contributed by atoms with E-state index in [0.29, 0.717) is 25.9 Å². The van der Waals surface area contributed by atoms with Crippen molar-refractivity contribution in [3.8, 4) is 0 Å². The van der Waals surface area contributed by atoms with Crippen LogP contribution in [0.2, 0.25) is 0 Å². The van der Waals surface area contributed by atoms with Gasteiger partial charge in [-0.25, -0.2) is 4.39 Å². The van der Waals surface area contributed by atoms with E-state index >= 15 is 0 Å². The van der Waals surface area contributed by atoms with Crippen molar-refractivity contribution in [2.45, 2.75) is 19.3 Å². The van der Waals surface area contributed by atoms with Gasteiger partial charge in [-0.2, -0.15) is 0 Å². The first-order valence-electron chi connectivity index (χ1n) is 7.54. The molecule has 0 aliphatic carbocycles. The lowest BCUT2D eigenvalue weighted by atomic mass is 9.77. The number of benzene rings is 1. The molecule has 0 bridgehead atoms. The van der Waals surface area contributed by atoms with Crippen molar-refractivity contribution < 1.29 is 14.3 Å². The maximum absolute atomic E-state index is 12.8. The largest absolute Gasteiger partial charge is 0.481 e. The van der Waals surface area contributed by atoms with Gasteiger partial charge < -0.3 is 5.11 Å². The first kappa shape index (κ1) is 16.4. The van der Waals surface area contributed by atoms with Gasteiger partial charge in [-0.15, -0.1) is 6.58 Å². The molecule has 2 rings (SSSR count). The summed E-state index contributed by atoms with van der Waals surface area (Å²) in [6.07, 6.45) is 7.71. The molecule has 1 aliphatic heterocycles. The third-order valence-electron chi connectivity index (χ3n) is 4.19. The van der Waals surface area contributed by atoms with E-state index in [-0.39, 0.29) is 5.82 Å². The number of carboxylic acids is 1. The van der Waals surface area contributed by atoms with Crippen LogP contribution in [0.25, 0.3) is 6.08 Å². The third-order valence-corrected chi connectivity index (χ3v) is 4.19. The average molecular weight is 303 g/mol. The van der Waals surface area contributed by atoms with Gasteiger partial charge in [0, 0.05) is 13.1 Å². The minimum absolute atomic E-state index is 0.246. The van der Waals surface area contributed by atoms with Crippen LogP contribution in [0.3, 0.4) is 0 Å². The average Bonchev–Trinajstić information content (AvgIpc) is 2.50. The highest BCUT2D eigenvalue weighted by atomic mass is 19.1. The molecule has 1 aromatic carbocycles. The first-order chi connectivity index (χ1) is 10.6. The molecule has 1 unspecified atom stereocenters. The number of halogens is 1. The Morgan fingerprint density at radius 1 is 1.41 bits per heavy atom. The van der Waals surface area contributed by atoms with Gasteiger partial charge in [0.05, 0.1) is 5.41 Å². The first-order valence-corrected chi connectivity index (χ1v) is 7.54. The Labute approximate surface area is 130 Å². The van der Waals surface area contributed by atoms with E-state index < -0.39 is 11.4 Å². The third kappa shape index (κ3) is 4.04. The molecule has 1 heterocycles. The highest BCUT2D eigenvalue weighted by Crippen LogP contribution is 2.34. The van der Waals surface area contributed by atoms with Crippen molar-refractivity contribution in [2.24, 2.45) is 5.41 Å². The number of hydrogen-bond donors (Lipinski definition) is 1. The zero-order valence-electron chi connectivity index (χ0n) is 12.7. The van der Waals surface area contributed by atoms with Gasteiger partial charge in [-0.05, 0) is 43.5 Å². The molecular formula is C18H22FNO2. The number of allylic oxidation sites excluding steroid dienone is 1. The number of piperidine rings is 1. The van der Waals surface area contributed by atoms with Gasteiger partial charge in [0.25, 0.3) is 0 Å². The summed E-state index contributed by atoms with van der Waals surface area (Å²) in [5.41, 5.74) is 0.234. The number of hydrogen-bond acceptors (Lipinski definition) is 2. The van der Waals surface area contributed by atoms with Crippen molar-refractivity contribution in [3.63, 3.8) is 0 Å². The molecule has 1 saturated heterocycles. The number of nitrogens with zero attached hydrogens (tertiary/aromatic N) is 1. The van der Waals surface area contributed by atoms with E-state index in [4.69, 9.17) is 0 Å². The quantitative estimate of drug-likeness (QED) is 0.817. The fourth-order valence-electron chi connectivity index (χ4n) is 3.00. The van der Waals surface area contributed by atoms with Crippen molar-refractivity contribution in [1.29, 1.82) is 0 Å². The Morgan fingerprint density at radius 2 is 2.14 bits per heavy atom. The van der Waals surface area contributed by atoms with Crippen LogP contribution in [0, 0.1) is 11.2 Å². The van der Waals surface area contributed by atoms with E-state index in [1.165, 1.54) is 12.1 Å². The van der Waals surface area contributed by atoms with Crippen molar-refractivity contribution in [2.75, 3.05) is 19.6 Å². The topological polar surface area (TPSA) is 40.5 Å². The summed E-state index contributed by atoms with van der Waals surface area (Å²) < 4.78 is 12.8. The maximum atomic E-state index is 12.8. The van der Waals surface area contributed by atoms with Gasteiger partial charge in [0.1, 0.15) is 5.82 Å². The molecule has 1 atom stereocenters. The summed E-state index contributed by atoms with van der Waals surface area (Å²) >= 11 is 0. The second kappa shape index (κ2) is 7.36. The Hall–Kier alpha value is -1.94. The SMILES string of the molecule is C=CCC1(C(=O)O)CCCN(CC=Cc2ccc(F)cc2)C1. The van der Waals surface area contributed by atoms with Crippen LogP contribution in [-0.2, 0) is 4.79 Å². The van der Waals surface area contributed by atoms with Crippen molar-refractivity contribution >= 4 is 12.0 Å². The molecule has 0 radical (unpaired) electrons. The van der Waals surface area contributed by atoms with Crippen LogP contribution in [-0.4, -0.2) is 35.6 Å². The Balaban J connectivity index is 1.96. The van der Waals surface area contributed by atoms with Gasteiger partial charge in [0.2, 0.25) is 0 Å². The number of likely N-dealkylation sites (tertiary alicyclic amines) is 1. The summed E-state index contributed by atoms with van der Waals surface area (Å²) in [7, 11) is 0. The Kier molecular flexibility index (Phi) is 5.50. The van der Waals surface area contributed by atoms with Gasteiger partial charge >= 0.3 is 5.97 Å². The maximum Gasteiger partial charge on any atom is 0.311 e. The van der Waals surface area contributed by atoms with Crippen molar-refractivity contribution in [1.82, 2.24) is 4.90 Å². The molecule has 0 spiro atoms. The number of carboxylic acid groups (broad SMARTS) is 1. The summed E-state index contributed by atoms with van der Waals surface area (Å²) in [6, 6.07) is 6.31. The molecular weight excluding hydrogens is 281 g/mol. The fourth-order valence-corrected chi connectivity index (χ4v) is 3.00. The molecule has 1 fully saturated rings. The molecule has 1 aromatic rings. The van der Waals surface area contributed by atoms with Crippen LogP contribution in [0.15, 0.2) is 43.0 Å². The van der Waals surface area contributed by atoms with E-state index in [0.717, 1.165) is 18.5 Å². The highest BCUT2D eigenvalue weighted by molar-refractivity contribution is 5.75. The molecule has 118 valence electrons. The lowest BCUT2D eigenvalue weighted by Crippen LogP contribution is -2.47. The molecule has 3 nitrogen and oxygen atoms in total. The van der Waals surface area contributed by atoms with E-state index in [1.807, 2.05) is 12.2 Å². The zero-order valence-corrected chi connectivity index (χ0v) is 12.7. The van der Waals surface area contributed by atoms with Gasteiger partial charge in [-0.3, -0.25) is 9.69 Å². The summed E-state index contributed by atoms with van der Waals surface area (Å²) in [4.78, 5) is 13.8. The van der Waals surface area contributed by atoms with Crippen LogP contribution in [0.4, 0.5) is 4.39 Å². The minimum Gasteiger partial charge on any atom is -0.481 e. The van der Waals surface area contributed by atoms with Crippen molar-refractivity contribution in [3.05, 3.63) is 54.4 Å². The predicted molar refractivity (Wildman–Crippen MR) is 86.0 cm³/mol. The van der Waals surface area contributed by atoms with Gasteiger partial charge in [-0.1, -0.05) is 30.4 Å². The Bertz CT molecular complexity index is 553. The smallest absolute Gasteiger partial charge is 0.311 e. The summed E-state index contributed by atoms with van der Waals surface area (Å²) in [5.74, 6) is -0.983. The predicted octanol–water partition coefficient (Wildman–Crippen LogP) is 3.58. The summed E-state index contributed by atoms with van der Waals surface area (Å²) in [6.45, 7) is 5.83. The van der Waals surface area contributed by atoms with E-state index in [1.54, 1.807) is 18.2 Å². The van der Waals surface area contributed by atoms with Crippen LogP contribution >= 0.6 is 0 Å². The minimum atomic E-state index is -0.736. The standard InChI is InChI=1S/C18H22FNO2/c1-2-10-18(17(21)22)11-4-13-20(14-18)12-3-5-15-6-8-16(19)9-7-15/h2-3,5-9H,1,4,10-14H2,(H,21,22). The number of aliphatic carboxylic acids is 1. The van der Waals surface area contributed by atoms with Crippen LogP contribution in [0.1, 0.15) is 24.8 Å². The van der Waals surface area contributed by atoms with E-state index in [9.17, 15) is 14.3 Å². The second-order valence-corrected chi connectivity index (χ2v) is 5.87. The molecule has 22 heavy (non-hydrogen) atoms. The number of carbonyl (C=O) groups is 1. The van der Waals surface area contributed by atoms with Crippen LogP contribution in [0.5, 0.6) is 0 Å². The second-order valence-electron chi connectivity index (χ2n) is 5.87. The molecule has 0 aromatic heterocycles. The van der Waals surface area contributed by atoms with Gasteiger partial charge in [0.15, 0.2) is 0 Å². The molecule has 1 aliphatic rings. The molecule has 1 N–H and O–H groups in total. The summed E-state index contributed by atoms with van der Waals surface area (Å²) in [5, 5.41) is 9.54. The highest BCUT2D eigenvalue weighted by Gasteiger charge is 2.40.